The van der Waals surface area contributed by atoms with E-state index >= 15 is 0 Å². The Labute approximate surface area is 107 Å². The molecule has 0 aliphatic heterocycles. The van der Waals surface area contributed by atoms with Crippen molar-refractivity contribution in [1.29, 1.82) is 0 Å². The summed E-state index contributed by atoms with van der Waals surface area (Å²) < 4.78 is 5.99. The van der Waals surface area contributed by atoms with Gasteiger partial charge in [-0.05, 0) is 37.0 Å². The maximum absolute atomic E-state index is 9.75. The van der Waals surface area contributed by atoms with Crippen molar-refractivity contribution in [3.05, 3.63) is 0 Å². The minimum Gasteiger partial charge on any atom is -0.391 e. The van der Waals surface area contributed by atoms with Crippen LogP contribution in [0.15, 0.2) is 0 Å². The predicted octanol–water partition coefficient (Wildman–Crippen LogP) is 3.62. The molecule has 102 valence electrons. The van der Waals surface area contributed by atoms with Gasteiger partial charge in [0.1, 0.15) is 0 Å². The molecule has 4 unspecified atom stereocenters. The molecular formula is C15H30O2. The minimum absolute atomic E-state index is 0.273. The number of ether oxygens (including phenoxy) is 1. The molecule has 0 aromatic rings. The molecule has 0 radical (unpaired) electrons. The lowest BCUT2D eigenvalue weighted by Crippen LogP contribution is -2.36. The molecular weight excluding hydrogens is 212 g/mol. The normalized spacial score (nSPS) is 31.8. The summed E-state index contributed by atoms with van der Waals surface area (Å²) in [5.74, 6) is 2.15. The number of aliphatic hydroxyl groups excluding tert-OH is 1. The lowest BCUT2D eigenvalue weighted by molar-refractivity contribution is -0.0702. The van der Waals surface area contributed by atoms with Crippen LogP contribution in [0.3, 0.4) is 0 Å². The van der Waals surface area contributed by atoms with Gasteiger partial charge in [0.2, 0.25) is 0 Å². The molecule has 0 aromatic carbocycles. The molecule has 0 spiro atoms. The van der Waals surface area contributed by atoms with E-state index in [1.54, 1.807) is 0 Å². The first-order valence-corrected chi connectivity index (χ1v) is 7.34. The Balaban J connectivity index is 2.41. The maximum atomic E-state index is 9.75. The number of rotatable bonds is 6. The fourth-order valence-electron chi connectivity index (χ4n) is 2.96. The van der Waals surface area contributed by atoms with Crippen LogP contribution in [0, 0.1) is 17.8 Å². The molecule has 0 aromatic heterocycles. The van der Waals surface area contributed by atoms with Gasteiger partial charge in [0.25, 0.3) is 0 Å². The Hall–Kier alpha value is -0.0800. The Morgan fingerprint density at radius 2 is 2.00 bits per heavy atom. The first kappa shape index (κ1) is 15.0. The van der Waals surface area contributed by atoms with Crippen molar-refractivity contribution < 1.29 is 9.84 Å². The maximum Gasteiger partial charge on any atom is 0.0773 e. The predicted molar refractivity (Wildman–Crippen MR) is 72.0 cm³/mol. The molecule has 1 fully saturated rings. The highest BCUT2D eigenvalue weighted by Crippen LogP contribution is 2.35. The van der Waals surface area contributed by atoms with Crippen molar-refractivity contribution in [1.82, 2.24) is 0 Å². The highest BCUT2D eigenvalue weighted by molar-refractivity contribution is 4.81. The summed E-state index contributed by atoms with van der Waals surface area (Å²) >= 11 is 0. The van der Waals surface area contributed by atoms with E-state index in [1.807, 2.05) is 0 Å². The van der Waals surface area contributed by atoms with Crippen LogP contribution in [0.2, 0.25) is 0 Å². The first-order valence-electron chi connectivity index (χ1n) is 7.34. The van der Waals surface area contributed by atoms with Gasteiger partial charge in [-0.3, -0.25) is 0 Å². The van der Waals surface area contributed by atoms with Crippen LogP contribution < -0.4 is 0 Å². The van der Waals surface area contributed by atoms with Crippen molar-refractivity contribution >= 4 is 0 Å². The molecule has 0 bridgehead atoms. The summed E-state index contributed by atoms with van der Waals surface area (Å²) in [6.07, 6.45) is 5.76. The summed E-state index contributed by atoms with van der Waals surface area (Å²) in [7, 11) is 0. The van der Waals surface area contributed by atoms with Gasteiger partial charge in [-0.15, -0.1) is 0 Å². The summed E-state index contributed by atoms with van der Waals surface area (Å²) in [4.78, 5) is 0. The standard InChI is InChI=1S/C15H30O2/c1-5-6-13(16)10-17-15-9-12(4)7-8-14(15)11(2)3/h11-16H,5-10H2,1-4H3. The fraction of sp³-hybridized carbons (Fsp3) is 1.00. The van der Waals surface area contributed by atoms with Crippen molar-refractivity contribution in [2.24, 2.45) is 17.8 Å². The zero-order valence-electron chi connectivity index (χ0n) is 12.0. The van der Waals surface area contributed by atoms with Gasteiger partial charge in [-0.25, -0.2) is 0 Å². The number of hydrogen-bond donors (Lipinski definition) is 1. The molecule has 1 aliphatic carbocycles. The molecule has 2 heteroatoms. The van der Waals surface area contributed by atoms with Crippen LogP contribution in [0.25, 0.3) is 0 Å². The highest BCUT2D eigenvalue weighted by Gasteiger charge is 2.31. The quantitative estimate of drug-likeness (QED) is 0.771. The smallest absolute Gasteiger partial charge is 0.0773 e. The van der Waals surface area contributed by atoms with Gasteiger partial charge in [0.15, 0.2) is 0 Å². The molecule has 4 atom stereocenters. The van der Waals surface area contributed by atoms with Crippen molar-refractivity contribution in [3.63, 3.8) is 0 Å². The molecule has 1 aliphatic rings. The highest BCUT2D eigenvalue weighted by atomic mass is 16.5. The van der Waals surface area contributed by atoms with E-state index in [1.165, 1.54) is 19.3 Å². The van der Waals surface area contributed by atoms with Crippen LogP contribution >= 0.6 is 0 Å². The van der Waals surface area contributed by atoms with E-state index in [-0.39, 0.29) is 6.10 Å². The topological polar surface area (TPSA) is 29.5 Å². The van der Waals surface area contributed by atoms with E-state index in [2.05, 4.69) is 27.7 Å². The van der Waals surface area contributed by atoms with E-state index < -0.39 is 0 Å². The van der Waals surface area contributed by atoms with Crippen molar-refractivity contribution in [2.45, 2.75) is 72.0 Å². The Bertz CT molecular complexity index is 203. The molecule has 0 amide bonds. The molecule has 1 saturated carbocycles. The van der Waals surface area contributed by atoms with Crippen LogP contribution in [0.5, 0.6) is 0 Å². The lowest BCUT2D eigenvalue weighted by Gasteiger charge is -2.37. The number of aliphatic hydroxyl groups is 1. The minimum atomic E-state index is -0.273. The van der Waals surface area contributed by atoms with E-state index in [0.29, 0.717) is 24.5 Å². The average Bonchev–Trinajstić information content (AvgIpc) is 2.26. The summed E-state index contributed by atoms with van der Waals surface area (Å²) in [5.41, 5.74) is 0. The van der Waals surface area contributed by atoms with Gasteiger partial charge in [0.05, 0.1) is 18.8 Å². The SMILES string of the molecule is CCCC(O)COC1CC(C)CCC1C(C)C. The van der Waals surface area contributed by atoms with Gasteiger partial charge in [-0.2, -0.15) is 0 Å². The monoisotopic (exact) mass is 242 g/mol. The third-order valence-electron chi connectivity index (χ3n) is 4.09. The zero-order chi connectivity index (χ0) is 12.8. The van der Waals surface area contributed by atoms with Gasteiger partial charge < -0.3 is 9.84 Å². The van der Waals surface area contributed by atoms with Gasteiger partial charge in [0, 0.05) is 0 Å². The largest absolute Gasteiger partial charge is 0.391 e. The second-order valence-electron chi connectivity index (χ2n) is 6.14. The first-order chi connectivity index (χ1) is 8.04. The Morgan fingerprint density at radius 1 is 1.29 bits per heavy atom. The van der Waals surface area contributed by atoms with Crippen LogP contribution in [0.1, 0.15) is 59.8 Å². The Morgan fingerprint density at radius 3 is 2.59 bits per heavy atom. The van der Waals surface area contributed by atoms with Gasteiger partial charge >= 0.3 is 0 Å². The zero-order valence-corrected chi connectivity index (χ0v) is 12.0. The summed E-state index contributed by atoms with van der Waals surface area (Å²) in [6.45, 7) is 9.52. The number of hydrogen-bond acceptors (Lipinski definition) is 2. The summed E-state index contributed by atoms with van der Waals surface area (Å²) in [6, 6.07) is 0. The molecule has 17 heavy (non-hydrogen) atoms. The molecule has 0 heterocycles. The van der Waals surface area contributed by atoms with E-state index in [4.69, 9.17) is 4.74 Å². The van der Waals surface area contributed by atoms with Crippen LogP contribution in [-0.2, 0) is 4.74 Å². The van der Waals surface area contributed by atoms with E-state index in [0.717, 1.165) is 18.8 Å². The summed E-state index contributed by atoms with van der Waals surface area (Å²) in [5, 5.41) is 9.75. The van der Waals surface area contributed by atoms with Crippen molar-refractivity contribution in [3.8, 4) is 0 Å². The van der Waals surface area contributed by atoms with Gasteiger partial charge in [-0.1, -0.05) is 40.5 Å². The lowest BCUT2D eigenvalue weighted by atomic mass is 9.75. The second-order valence-corrected chi connectivity index (χ2v) is 6.14. The van der Waals surface area contributed by atoms with Crippen molar-refractivity contribution in [2.75, 3.05) is 6.61 Å². The third kappa shape index (κ3) is 4.97. The molecule has 1 rings (SSSR count). The molecule has 0 saturated heterocycles. The van der Waals surface area contributed by atoms with E-state index in [9.17, 15) is 5.11 Å². The van der Waals surface area contributed by atoms with Crippen LogP contribution in [-0.4, -0.2) is 23.9 Å². The average molecular weight is 242 g/mol. The second kappa shape index (κ2) is 7.38. The molecule has 1 N–H and O–H groups in total. The Kier molecular flexibility index (Phi) is 6.50. The third-order valence-corrected chi connectivity index (χ3v) is 4.09. The fourth-order valence-corrected chi connectivity index (χ4v) is 2.96. The molecule has 2 nitrogen and oxygen atoms in total. The van der Waals surface area contributed by atoms with Crippen LogP contribution in [0.4, 0.5) is 0 Å².